The molecule has 0 spiro atoms. The summed E-state index contributed by atoms with van der Waals surface area (Å²) < 4.78 is 0. The minimum absolute atomic E-state index is 0.0601. The molecular formula is C12H14N6O2. The maximum atomic E-state index is 7.13. The van der Waals surface area contributed by atoms with Crippen LogP contribution in [0.4, 0.5) is 17.3 Å². The van der Waals surface area contributed by atoms with E-state index in [4.69, 9.17) is 17.4 Å². The highest BCUT2D eigenvalue weighted by molar-refractivity contribution is 5.71. The zero-order chi connectivity index (χ0) is 14.5. The number of benzene rings is 1. The highest BCUT2D eigenvalue weighted by Gasteiger charge is 2.16. The topological polar surface area (TPSA) is 91.6 Å². The van der Waals surface area contributed by atoms with Gasteiger partial charge in [-0.2, -0.15) is 5.90 Å². The number of nitrogens with one attached hydrogen (secondary N) is 1. The number of rotatable bonds is 5. The maximum absolute atomic E-state index is 7.13. The van der Waals surface area contributed by atoms with E-state index in [0.29, 0.717) is 17.3 Å². The molecule has 0 unspecified atom stereocenters. The van der Waals surface area contributed by atoms with Gasteiger partial charge in [-0.15, -0.1) is 9.90 Å². The van der Waals surface area contributed by atoms with Gasteiger partial charge in [-0.3, -0.25) is 0 Å². The first-order valence-electron chi connectivity index (χ1n) is 5.89. The molecule has 3 N–H and O–H groups in total. The molecule has 8 heteroatoms. The SMILES string of the molecule is [C-]#[N+]c1nn(C(C)C)nc1Nc1ccccc1OON. The highest BCUT2D eigenvalue weighted by Crippen LogP contribution is 2.30. The van der Waals surface area contributed by atoms with Crippen molar-refractivity contribution in [3.63, 3.8) is 0 Å². The lowest BCUT2D eigenvalue weighted by atomic mass is 10.3. The molecule has 0 fully saturated rings. The fraction of sp³-hybridized carbons (Fsp3) is 0.250. The van der Waals surface area contributed by atoms with Crippen molar-refractivity contribution in [1.29, 1.82) is 0 Å². The summed E-state index contributed by atoms with van der Waals surface area (Å²) in [5, 5.41) is 11.3. The summed E-state index contributed by atoms with van der Waals surface area (Å²) in [6.45, 7) is 11.0. The van der Waals surface area contributed by atoms with Crippen molar-refractivity contribution in [2.75, 3.05) is 5.32 Å². The number of aromatic nitrogens is 3. The van der Waals surface area contributed by atoms with E-state index in [-0.39, 0.29) is 11.9 Å². The van der Waals surface area contributed by atoms with Crippen LogP contribution in [-0.2, 0) is 4.99 Å². The van der Waals surface area contributed by atoms with Gasteiger partial charge in [-0.25, -0.2) is 0 Å². The molecule has 0 bridgehead atoms. The molecule has 0 atom stereocenters. The van der Waals surface area contributed by atoms with E-state index in [2.05, 4.69) is 25.3 Å². The van der Waals surface area contributed by atoms with Gasteiger partial charge < -0.3 is 15.0 Å². The van der Waals surface area contributed by atoms with Crippen LogP contribution in [0.3, 0.4) is 0 Å². The molecule has 0 aliphatic carbocycles. The van der Waals surface area contributed by atoms with Crippen molar-refractivity contribution < 1.29 is 9.88 Å². The molecular weight excluding hydrogens is 260 g/mol. The molecule has 1 aromatic carbocycles. The fourth-order valence-electron chi connectivity index (χ4n) is 1.52. The smallest absolute Gasteiger partial charge is 0.339 e. The minimum Gasteiger partial charge on any atom is -0.356 e. The van der Waals surface area contributed by atoms with Gasteiger partial charge in [-0.05, 0) is 31.1 Å². The summed E-state index contributed by atoms with van der Waals surface area (Å²) in [7, 11) is 0. The average molecular weight is 274 g/mol. The molecule has 1 aromatic heterocycles. The summed E-state index contributed by atoms with van der Waals surface area (Å²) in [4.78, 5) is 13.8. The van der Waals surface area contributed by atoms with Gasteiger partial charge in [0.1, 0.15) is 0 Å². The second-order valence-corrected chi connectivity index (χ2v) is 4.20. The molecule has 1 heterocycles. The van der Waals surface area contributed by atoms with Gasteiger partial charge in [0.15, 0.2) is 11.6 Å². The Hall–Kier alpha value is -2.63. The molecule has 2 aromatic rings. The normalized spacial score (nSPS) is 10.3. The van der Waals surface area contributed by atoms with Crippen LogP contribution in [0.1, 0.15) is 19.9 Å². The van der Waals surface area contributed by atoms with Crippen molar-refractivity contribution in [1.82, 2.24) is 15.0 Å². The Morgan fingerprint density at radius 1 is 1.35 bits per heavy atom. The van der Waals surface area contributed by atoms with Crippen LogP contribution in [0, 0.1) is 6.57 Å². The predicted molar refractivity (Wildman–Crippen MR) is 72.3 cm³/mol. The van der Waals surface area contributed by atoms with Gasteiger partial charge in [0.05, 0.1) is 11.7 Å². The van der Waals surface area contributed by atoms with Crippen molar-refractivity contribution >= 4 is 17.3 Å². The van der Waals surface area contributed by atoms with Gasteiger partial charge in [0.25, 0.3) is 0 Å². The van der Waals surface area contributed by atoms with Crippen LogP contribution in [0.5, 0.6) is 5.75 Å². The number of anilines is 2. The Labute approximate surface area is 115 Å². The Bertz CT molecular complexity index is 631. The number of nitrogens with zero attached hydrogens (tertiary/aromatic N) is 4. The lowest BCUT2D eigenvalue weighted by Crippen LogP contribution is -2.06. The fourth-order valence-corrected chi connectivity index (χ4v) is 1.52. The van der Waals surface area contributed by atoms with Gasteiger partial charge in [-0.1, -0.05) is 23.7 Å². The van der Waals surface area contributed by atoms with Crippen LogP contribution in [0.15, 0.2) is 24.3 Å². The molecule has 0 amide bonds. The lowest BCUT2D eigenvalue weighted by molar-refractivity contribution is -0.210. The van der Waals surface area contributed by atoms with Gasteiger partial charge >= 0.3 is 5.82 Å². The second kappa shape index (κ2) is 6.01. The van der Waals surface area contributed by atoms with Crippen LogP contribution in [0.2, 0.25) is 0 Å². The molecule has 20 heavy (non-hydrogen) atoms. The molecule has 104 valence electrons. The van der Waals surface area contributed by atoms with Crippen LogP contribution in [-0.4, -0.2) is 15.0 Å². The van der Waals surface area contributed by atoms with Gasteiger partial charge in [0.2, 0.25) is 0 Å². The monoisotopic (exact) mass is 274 g/mol. The van der Waals surface area contributed by atoms with Gasteiger partial charge in [0, 0.05) is 0 Å². The zero-order valence-electron chi connectivity index (χ0n) is 11.1. The number of para-hydroxylation sites is 2. The van der Waals surface area contributed by atoms with E-state index in [1.54, 1.807) is 24.3 Å². The van der Waals surface area contributed by atoms with E-state index in [9.17, 15) is 0 Å². The van der Waals surface area contributed by atoms with Crippen molar-refractivity contribution in [2.45, 2.75) is 19.9 Å². The second-order valence-electron chi connectivity index (χ2n) is 4.20. The molecule has 2 rings (SSSR count). The van der Waals surface area contributed by atoms with Crippen molar-refractivity contribution in [3.8, 4) is 5.75 Å². The van der Waals surface area contributed by atoms with Crippen LogP contribution < -0.4 is 16.1 Å². The van der Waals surface area contributed by atoms with E-state index in [1.807, 2.05) is 13.8 Å². The Kier molecular flexibility index (Phi) is 4.14. The Morgan fingerprint density at radius 3 is 2.75 bits per heavy atom. The van der Waals surface area contributed by atoms with E-state index in [1.165, 1.54) is 4.80 Å². The Balaban J connectivity index is 2.32. The quantitative estimate of drug-likeness (QED) is 0.494. The van der Waals surface area contributed by atoms with Crippen LogP contribution in [0.25, 0.3) is 4.85 Å². The maximum Gasteiger partial charge on any atom is 0.339 e. The largest absolute Gasteiger partial charge is 0.356 e. The number of nitrogens with two attached hydrogens (primary N) is 1. The van der Waals surface area contributed by atoms with E-state index < -0.39 is 0 Å². The molecule has 0 aliphatic rings. The summed E-state index contributed by atoms with van der Waals surface area (Å²) in [6.07, 6.45) is 0. The summed E-state index contributed by atoms with van der Waals surface area (Å²) >= 11 is 0. The minimum atomic E-state index is 0.0601. The lowest BCUT2D eigenvalue weighted by Gasteiger charge is -2.08. The molecule has 8 nitrogen and oxygen atoms in total. The van der Waals surface area contributed by atoms with Crippen molar-refractivity contribution in [3.05, 3.63) is 35.7 Å². The standard InChI is InChI=1S/C12H14N6O2/c1-8(2)18-16-11(14-3)12(17-18)15-9-6-4-5-7-10(9)19-20-13/h4-8H,13H2,1-2H3,(H,15,17). The summed E-state index contributed by atoms with van der Waals surface area (Å²) in [5.74, 6) is 5.80. The predicted octanol–water partition coefficient (Wildman–Crippen LogP) is 2.34. The van der Waals surface area contributed by atoms with Crippen molar-refractivity contribution in [2.24, 2.45) is 5.90 Å². The first-order chi connectivity index (χ1) is 9.65. The summed E-state index contributed by atoms with van der Waals surface area (Å²) in [5.41, 5.74) is 0.568. The third kappa shape index (κ3) is 2.85. The highest BCUT2D eigenvalue weighted by atomic mass is 17.3. The Morgan fingerprint density at radius 2 is 2.10 bits per heavy atom. The molecule has 0 radical (unpaired) electrons. The first-order valence-corrected chi connectivity index (χ1v) is 5.89. The third-order valence-corrected chi connectivity index (χ3v) is 2.46. The zero-order valence-corrected chi connectivity index (χ0v) is 11.1. The molecule has 0 aliphatic heterocycles. The first kappa shape index (κ1) is 13.8. The van der Waals surface area contributed by atoms with E-state index >= 15 is 0 Å². The molecule has 0 saturated carbocycles. The average Bonchev–Trinajstić information content (AvgIpc) is 2.84. The molecule has 0 saturated heterocycles. The number of hydrogen-bond donors (Lipinski definition) is 2. The summed E-state index contributed by atoms with van der Waals surface area (Å²) in [6, 6.07) is 7.04. The van der Waals surface area contributed by atoms with E-state index in [0.717, 1.165) is 0 Å². The van der Waals surface area contributed by atoms with Crippen LogP contribution >= 0.6 is 0 Å². The third-order valence-electron chi connectivity index (χ3n) is 2.46. The number of hydrogen-bond acceptors (Lipinski definition) is 6.